The lowest BCUT2D eigenvalue weighted by Gasteiger charge is -1.94. The monoisotopic (exact) mass is 199 g/mol. The highest BCUT2D eigenvalue weighted by molar-refractivity contribution is 5.82. The van der Waals surface area contributed by atoms with Crippen molar-refractivity contribution in [3.63, 3.8) is 0 Å². The van der Waals surface area contributed by atoms with Crippen LogP contribution < -0.4 is 0 Å². The van der Waals surface area contributed by atoms with E-state index in [-0.39, 0.29) is 22.5 Å². The first kappa shape index (κ1) is 11.1. The van der Waals surface area contributed by atoms with Gasteiger partial charge in [0.15, 0.2) is 0 Å². The molecule has 1 rings (SSSR count). The summed E-state index contributed by atoms with van der Waals surface area (Å²) >= 11 is 0. The lowest BCUT2D eigenvalue weighted by atomic mass is 10.1. The van der Waals surface area contributed by atoms with Crippen LogP contribution in [0.4, 0.5) is 0 Å². The van der Waals surface area contributed by atoms with Crippen LogP contribution in [0, 0.1) is 22.0 Å². The molecule has 1 aliphatic rings. The Kier molecular flexibility index (Phi) is 3.61. The lowest BCUT2D eigenvalue weighted by Crippen LogP contribution is -2.08. The molecule has 1 aliphatic carbocycles. The molecule has 0 heterocycles. The predicted octanol–water partition coefficient (Wildman–Crippen LogP) is 2.05. The summed E-state index contributed by atoms with van der Waals surface area (Å²) in [7, 11) is 0. The van der Waals surface area contributed by atoms with Gasteiger partial charge in [-0.2, -0.15) is 0 Å². The van der Waals surface area contributed by atoms with Crippen molar-refractivity contribution in [1.82, 2.24) is 0 Å². The van der Waals surface area contributed by atoms with Crippen LogP contribution in [0.25, 0.3) is 0 Å². The fourth-order valence-electron chi connectivity index (χ4n) is 2.17. The second-order valence-corrected chi connectivity index (χ2v) is 4.07. The summed E-state index contributed by atoms with van der Waals surface area (Å²) in [5.41, 5.74) is 0. The quantitative estimate of drug-likeness (QED) is 0.373. The van der Waals surface area contributed by atoms with E-state index in [9.17, 15) is 14.9 Å². The summed E-state index contributed by atoms with van der Waals surface area (Å²) in [5, 5.41) is 10.6. The fourth-order valence-corrected chi connectivity index (χ4v) is 2.17. The number of hydrogen-bond donors (Lipinski definition) is 0. The maximum Gasteiger partial charge on any atom is 0.227 e. The highest BCUT2D eigenvalue weighted by atomic mass is 16.6. The number of ketones is 1. The van der Waals surface area contributed by atoms with Gasteiger partial charge in [-0.15, -0.1) is 0 Å². The zero-order chi connectivity index (χ0) is 10.7. The molecule has 80 valence electrons. The largest absolute Gasteiger partial charge is 0.299 e. The third kappa shape index (κ3) is 2.30. The minimum absolute atomic E-state index is 0.0202. The van der Waals surface area contributed by atoms with E-state index in [1.54, 1.807) is 0 Å². The first-order valence-electron chi connectivity index (χ1n) is 5.23. The van der Waals surface area contributed by atoms with E-state index in [1.807, 2.05) is 0 Å². The van der Waals surface area contributed by atoms with Gasteiger partial charge in [-0.3, -0.25) is 14.9 Å². The van der Waals surface area contributed by atoms with Gasteiger partial charge in [0, 0.05) is 10.8 Å². The van der Waals surface area contributed by atoms with Crippen molar-refractivity contribution in [2.75, 3.05) is 0 Å². The second kappa shape index (κ2) is 4.53. The van der Waals surface area contributed by atoms with Crippen LogP contribution in [-0.2, 0) is 4.79 Å². The molecular formula is C10H17NO3. The first-order valence-corrected chi connectivity index (χ1v) is 5.23. The van der Waals surface area contributed by atoms with Crippen molar-refractivity contribution in [3.8, 4) is 0 Å². The molecule has 0 N–H and O–H groups in total. The molecule has 4 nitrogen and oxygen atoms in total. The van der Waals surface area contributed by atoms with E-state index in [4.69, 9.17) is 0 Å². The van der Waals surface area contributed by atoms with Crippen molar-refractivity contribution >= 4 is 5.78 Å². The Morgan fingerprint density at radius 1 is 1.43 bits per heavy atom. The molecule has 0 amide bonds. The Balaban J connectivity index is 2.38. The van der Waals surface area contributed by atoms with Crippen LogP contribution in [-0.4, -0.2) is 16.7 Å². The Bertz CT molecular complexity index is 220. The third-order valence-corrected chi connectivity index (χ3v) is 2.98. The van der Waals surface area contributed by atoms with Gasteiger partial charge in [-0.1, -0.05) is 26.2 Å². The molecule has 0 radical (unpaired) electrons. The van der Waals surface area contributed by atoms with Crippen molar-refractivity contribution < 1.29 is 9.72 Å². The third-order valence-electron chi connectivity index (χ3n) is 2.98. The average molecular weight is 199 g/mol. The molecule has 0 aromatic carbocycles. The van der Waals surface area contributed by atoms with Crippen LogP contribution in [0.2, 0.25) is 0 Å². The predicted molar refractivity (Wildman–Crippen MR) is 52.6 cm³/mol. The maximum absolute atomic E-state index is 11.1. The topological polar surface area (TPSA) is 60.2 Å². The molecule has 1 saturated carbocycles. The number of hydrogen-bond acceptors (Lipinski definition) is 3. The fraction of sp³-hybridized carbons (Fsp3) is 0.900. The number of Topliss-reactive ketones (excluding diaryl/α,β-unsaturated/α-hetero) is 1. The highest BCUT2D eigenvalue weighted by Gasteiger charge is 2.61. The van der Waals surface area contributed by atoms with Gasteiger partial charge in [0.1, 0.15) is 5.78 Å². The molecular weight excluding hydrogens is 182 g/mol. The maximum atomic E-state index is 11.1. The van der Waals surface area contributed by atoms with Gasteiger partial charge in [0.2, 0.25) is 6.04 Å². The van der Waals surface area contributed by atoms with E-state index in [2.05, 4.69) is 6.92 Å². The number of nitrogens with zero attached hydrogens (tertiary/aromatic N) is 1. The van der Waals surface area contributed by atoms with Crippen molar-refractivity contribution in [3.05, 3.63) is 10.1 Å². The number of carbonyl (C=O) groups is 1. The minimum atomic E-state index is -0.579. The smallest absolute Gasteiger partial charge is 0.227 e. The van der Waals surface area contributed by atoms with Crippen LogP contribution in [0.3, 0.4) is 0 Å². The van der Waals surface area contributed by atoms with Crippen LogP contribution in [0.15, 0.2) is 0 Å². The Morgan fingerprint density at radius 2 is 2.07 bits per heavy atom. The van der Waals surface area contributed by atoms with E-state index in [0.717, 1.165) is 25.7 Å². The molecule has 0 aliphatic heterocycles. The lowest BCUT2D eigenvalue weighted by molar-refractivity contribution is -0.500. The van der Waals surface area contributed by atoms with E-state index in [0.29, 0.717) is 0 Å². The normalized spacial score (nSPS) is 30.0. The zero-order valence-corrected chi connectivity index (χ0v) is 8.73. The molecule has 0 aromatic heterocycles. The molecule has 14 heavy (non-hydrogen) atoms. The van der Waals surface area contributed by atoms with Crippen LogP contribution in [0.1, 0.15) is 39.5 Å². The highest BCUT2D eigenvalue weighted by Crippen LogP contribution is 2.45. The summed E-state index contributed by atoms with van der Waals surface area (Å²) in [5.74, 6) is -0.288. The number of unbranched alkanes of at least 4 members (excludes halogenated alkanes) is 2. The van der Waals surface area contributed by atoms with Gasteiger partial charge < -0.3 is 0 Å². The molecule has 1 fully saturated rings. The van der Waals surface area contributed by atoms with Crippen LogP contribution in [0.5, 0.6) is 0 Å². The summed E-state index contributed by atoms with van der Waals surface area (Å²) < 4.78 is 0. The van der Waals surface area contributed by atoms with Crippen molar-refractivity contribution in [2.24, 2.45) is 11.8 Å². The van der Waals surface area contributed by atoms with E-state index >= 15 is 0 Å². The number of nitro groups is 1. The molecule has 0 unspecified atom stereocenters. The number of carbonyl (C=O) groups excluding carboxylic acids is 1. The molecule has 4 heteroatoms. The Morgan fingerprint density at radius 3 is 2.43 bits per heavy atom. The van der Waals surface area contributed by atoms with Gasteiger partial charge in [-0.05, 0) is 13.3 Å². The van der Waals surface area contributed by atoms with E-state index in [1.165, 1.54) is 6.92 Å². The molecule has 3 atom stereocenters. The summed E-state index contributed by atoms with van der Waals surface area (Å²) in [6.07, 6.45) is 4.06. The van der Waals surface area contributed by atoms with Gasteiger partial charge in [0.25, 0.3) is 0 Å². The average Bonchev–Trinajstić information content (AvgIpc) is 2.79. The Labute approximate surface area is 83.8 Å². The summed E-state index contributed by atoms with van der Waals surface area (Å²) in [4.78, 5) is 21.3. The first-order chi connectivity index (χ1) is 6.59. The minimum Gasteiger partial charge on any atom is -0.299 e. The molecule has 0 bridgehead atoms. The molecule has 0 spiro atoms. The summed E-state index contributed by atoms with van der Waals surface area (Å²) in [6, 6.07) is -0.579. The van der Waals surface area contributed by atoms with Gasteiger partial charge in [-0.25, -0.2) is 0 Å². The van der Waals surface area contributed by atoms with Gasteiger partial charge in [0.05, 0.1) is 5.92 Å². The second-order valence-electron chi connectivity index (χ2n) is 4.07. The zero-order valence-electron chi connectivity index (χ0n) is 8.73. The van der Waals surface area contributed by atoms with E-state index < -0.39 is 6.04 Å². The van der Waals surface area contributed by atoms with Gasteiger partial charge >= 0.3 is 0 Å². The SMILES string of the molecule is CCCCC[C@@H]1[C@H](C(C)=O)[C@H]1[N+](=O)[O-]. The molecule has 0 saturated heterocycles. The Hall–Kier alpha value is -0.930. The number of rotatable bonds is 6. The van der Waals surface area contributed by atoms with Crippen molar-refractivity contribution in [2.45, 2.75) is 45.6 Å². The molecule has 0 aromatic rings. The van der Waals surface area contributed by atoms with Crippen LogP contribution >= 0.6 is 0 Å². The van der Waals surface area contributed by atoms with Crippen molar-refractivity contribution in [1.29, 1.82) is 0 Å². The standard InChI is InChI=1S/C10H17NO3/c1-3-4-5-6-8-9(7(2)12)10(8)11(13)14/h8-10H,3-6H2,1-2H3/t8-,9+,10+/m1/s1. The summed E-state index contributed by atoms with van der Waals surface area (Å²) in [6.45, 7) is 3.56.